The van der Waals surface area contributed by atoms with Crippen LogP contribution >= 0.6 is 11.8 Å². The van der Waals surface area contributed by atoms with E-state index in [1.165, 1.54) is 18.0 Å². The van der Waals surface area contributed by atoms with Gasteiger partial charge < -0.3 is 14.5 Å². The summed E-state index contributed by atoms with van der Waals surface area (Å²) in [6.45, 7) is 0. The van der Waals surface area contributed by atoms with E-state index in [2.05, 4.69) is 15.5 Å². The molecule has 23 heavy (non-hydrogen) atoms. The third-order valence-electron chi connectivity index (χ3n) is 3.23. The molecular weight excluding hydrogens is 314 g/mol. The van der Waals surface area contributed by atoms with Crippen LogP contribution in [0.4, 0.5) is 0 Å². The highest BCUT2D eigenvalue weighted by atomic mass is 32.2. The molecule has 1 N–H and O–H groups in total. The first-order valence-corrected chi connectivity index (χ1v) is 7.87. The first-order valence-electron chi connectivity index (χ1n) is 6.99. The number of amides is 1. The summed E-state index contributed by atoms with van der Waals surface area (Å²) in [5.41, 5.74) is 1.07. The van der Waals surface area contributed by atoms with Crippen LogP contribution in [-0.2, 0) is 11.2 Å². The number of furan rings is 1. The van der Waals surface area contributed by atoms with Gasteiger partial charge in [-0.1, -0.05) is 23.9 Å². The smallest absolute Gasteiger partial charge is 0.239 e. The predicted molar refractivity (Wildman–Crippen MR) is 90.0 cm³/mol. The number of amidine groups is 1. The van der Waals surface area contributed by atoms with Crippen molar-refractivity contribution in [2.24, 2.45) is 10.2 Å². The SMILES string of the molecule is COc1ccc(CC2S/C(=N/N=C/c3ccco3)NC2=O)cc1. The molecule has 1 fully saturated rings. The number of thioether (sulfide) groups is 1. The monoisotopic (exact) mass is 329 g/mol. The fourth-order valence-corrected chi connectivity index (χ4v) is 3.03. The Kier molecular flexibility index (Phi) is 4.77. The second-order valence-corrected chi connectivity index (χ2v) is 6.00. The number of nitrogens with one attached hydrogen (secondary N) is 1. The van der Waals surface area contributed by atoms with Crippen molar-refractivity contribution in [1.29, 1.82) is 0 Å². The fraction of sp³-hybridized carbons (Fsp3) is 0.188. The minimum absolute atomic E-state index is 0.0576. The number of methoxy groups -OCH3 is 1. The van der Waals surface area contributed by atoms with E-state index in [9.17, 15) is 4.79 Å². The van der Waals surface area contributed by atoms with Crippen LogP contribution in [0.2, 0.25) is 0 Å². The zero-order valence-corrected chi connectivity index (χ0v) is 13.2. The Morgan fingerprint density at radius 2 is 2.17 bits per heavy atom. The summed E-state index contributed by atoms with van der Waals surface area (Å²) in [5, 5.41) is 10.9. The molecule has 2 heterocycles. The van der Waals surface area contributed by atoms with E-state index in [0.717, 1.165) is 11.3 Å². The maximum Gasteiger partial charge on any atom is 0.239 e. The number of hydrogen-bond donors (Lipinski definition) is 1. The lowest BCUT2D eigenvalue weighted by atomic mass is 10.1. The number of carbonyl (C=O) groups excluding carboxylic acids is 1. The second kappa shape index (κ2) is 7.15. The summed E-state index contributed by atoms with van der Waals surface area (Å²) in [7, 11) is 1.63. The minimum Gasteiger partial charge on any atom is -0.497 e. The Bertz CT molecular complexity index is 724. The van der Waals surface area contributed by atoms with Gasteiger partial charge in [-0.05, 0) is 36.2 Å². The second-order valence-electron chi connectivity index (χ2n) is 4.81. The number of ether oxygens (including phenoxy) is 1. The van der Waals surface area contributed by atoms with Crippen LogP contribution in [0.15, 0.2) is 57.3 Å². The van der Waals surface area contributed by atoms with Crippen molar-refractivity contribution in [3.8, 4) is 5.75 Å². The molecule has 7 heteroatoms. The third kappa shape index (κ3) is 4.01. The van der Waals surface area contributed by atoms with Crippen molar-refractivity contribution < 1.29 is 13.9 Å². The molecule has 1 saturated heterocycles. The Labute approximate surface area is 137 Å². The van der Waals surface area contributed by atoms with Crippen molar-refractivity contribution >= 4 is 29.1 Å². The lowest BCUT2D eigenvalue weighted by Crippen LogP contribution is -2.25. The van der Waals surface area contributed by atoms with Gasteiger partial charge >= 0.3 is 0 Å². The van der Waals surface area contributed by atoms with E-state index >= 15 is 0 Å². The quantitative estimate of drug-likeness (QED) is 0.675. The number of carbonyl (C=O) groups is 1. The molecule has 6 nitrogen and oxygen atoms in total. The third-order valence-corrected chi connectivity index (χ3v) is 4.31. The highest BCUT2D eigenvalue weighted by Gasteiger charge is 2.30. The number of hydrogen-bond acceptors (Lipinski definition) is 6. The van der Waals surface area contributed by atoms with Gasteiger partial charge in [0.2, 0.25) is 5.91 Å². The van der Waals surface area contributed by atoms with Gasteiger partial charge in [0.15, 0.2) is 5.17 Å². The van der Waals surface area contributed by atoms with Crippen LogP contribution in [0, 0.1) is 0 Å². The molecule has 118 valence electrons. The summed E-state index contributed by atoms with van der Waals surface area (Å²) in [6, 6.07) is 11.2. The van der Waals surface area contributed by atoms with Gasteiger partial charge in [-0.15, -0.1) is 5.10 Å². The molecule has 1 aliphatic heterocycles. The molecule has 2 aromatic rings. The molecule has 0 radical (unpaired) electrons. The first-order chi connectivity index (χ1) is 11.2. The molecule has 1 amide bonds. The molecule has 0 bridgehead atoms. The van der Waals surface area contributed by atoms with Gasteiger partial charge in [-0.3, -0.25) is 4.79 Å². The molecular formula is C16H15N3O3S. The maximum absolute atomic E-state index is 12.0. The number of rotatable bonds is 5. The Morgan fingerprint density at radius 3 is 2.87 bits per heavy atom. The first kappa shape index (κ1) is 15.4. The highest BCUT2D eigenvalue weighted by molar-refractivity contribution is 8.15. The Morgan fingerprint density at radius 1 is 1.35 bits per heavy atom. The topological polar surface area (TPSA) is 76.2 Å². The van der Waals surface area contributed by atoms with Crippen LogP contribution in [0.1, 0.15) is 11.3 Å². The molecule has 0 aliphatic carbocycles. The van der Waals surface area contributed by atoms with Crippen LogP contribution in [0.5, 0.6) is 5.75 Å². The lowest BCUT2D eigenvalue weighted by molar-refractivity contribution is -0.118. The summed E-state index contributed by atoms with van der Waals surface area (Å²) >= 11 is 1.37. The molecule has 1 aromatic heterocycles. The van der Waals surface area contributed by atoms with Crippen molar-refractivity contribution in [3.05, 3.63) is 54.0 Å². The van der Waals surface area contributed by atoms with E-state index in [-0.39, 0.29) is 11.2 Å². The summed E-state index contributed by atoms with van der Waals surface area (Å²) in [5.74, 6) is 1.35. The van der Waals surface area contributed by atoms with Gasteiger partial charge in [-0.25, -0.2) is 0 Å². The largest absolute Gasteiger partial charge is 0.497 e. The zero-order chi connectivity index (χ0) is 16.1. The van der Waals surface area contributed by atoms with Gasteiger partial charge in [0.25, 0.3) is 0 Å². The Hall–Kier alpha value is -2.54. The van der Waals surface area contributed by atoms with Crippen LogP contribution in [-0.4, -0.2) is 29.6 Å². The summed E-state index contributed by atoms with van der Waals surface area (Å²) in [4.78, 5) is 12.0. The van der Waals surface area contributed by atoms with Crippen molar-refractivity contribution in [1.82, 2.24) is 5.32 Å². The number of nitrogens with zero attached hydrogens (tertiary/aromatic N) is 2. The predicted octanol–water partition coefficient (Wildman–Crippen LogP) is 2.45. The van der Waals surface area contributed by atoms with Crippen LogP contribution < -0.4 is 10.1 Å². The van der Waals surface area contributed by atoms with Gasteiger partial charge in [0.1, 0.15) is 11.5 Å². The molecule has 1 aromatic carbocycles. The molecule has 0 spiro atoms. The zero-order valence-electron chi connectivity index (χ0n) is 12.4. The Balaban J connectivity index is 1.60. The maximum atomic E-state index is 12.0. The van der Waals surface area contributed by atoms with Gasteiger partial charge in [-0.2, -0.15) is 5.10 Å². The minimum atomic E-state index is -0.207. The molecule has 0 saturated carbocycles. The van der Waals surface area contributed by atoms with E-state index < -0.39 is 0 Å². The van der Waals surface area contributed by atoms with Crippen molar-refractivity contribution in [3.63, 3.8) is 0 Å². The normalized spacial score (nSPS) is 19.4. The fourth-order valence-electron chi connectivity index (χ4n) is 2.07. The standard InChI is InChI=1S/C16H15N3O3S/c1-21-12-6-4-11(5-7-12)9-14-15(20)18-16(23-14)19-17-10-13-3-2-8-22-13/h2-8,10,14H,9H2,1H3,(H,18,19,20)/b17-10+. The van der Waals surface area contributed by atoms with Crippen LogP contribution in [0.25, 0.3) is 0 Å². The molecule has 1 aliphatic rings. The number of benzene rings is 1. The van der Waals surface area contributed by atoms with Crippen LogP contribution in [0.3, 0.4) is 0 Å². The molecule has 3 rings (SSSR count). The van der Waals surface area contributed by atoms with E-state index in [1.54, 1.807) is 25.5 Å². The average Bonchev–Trinajstić information content (AvgIpc) is 3.19. The molecule has 1 atom stereocenters. The van der Waals surface area contributed by atoms with E-state index in [4.69, 9.17) is 9.15 Å². The summed E-state index contributed by atoms with van der Waals surface area (Å²) in [6.07, 6.45) is 3.68. The average molecular weight is 329 g/mol. The lowest BCUT2D eigenvalue weighted by Gasteiger charge is -2.06. The van der Waals surface area contributed by atoms with Gasteiger partial charge in [0, 0.05) is 0 Å². The van der Waals surface area contributed by atoms with Crippen molar-refractivity contribution in [2.45, 2.75) is 11.7 Å². The summed E-state index contributed by atoms with van der Waals surface area (Å²) < 4.78 is 10.2. The van der Waals surface area contributed by atoms with Gasteiger partial charge in [0.05, 0.1) is 24.8 Å². The van der Waals surface area contributed by atoms with E-state index in [1.807, 2.05) is 24.3 Å². The highest BCUT2D eigenvalue weighted by Crippen LogP contribution is 2.24. The van der Waals surface area contributed by atoms with Crippen molar-refractivity contribution in [2.75, 3.05) is 7.11 Å². The van der Waals surface area contributed by atoms with E-state index in [0.29, 0.717) is 17.3 Å². The molecule has 1 unspecified atom stereocenters.